The first-order valence-electron chi connectivity index (χ1n) is 6.46. The predicted molar refractivity (Wildman–Crippen MR) is 83.9 cm³/mol. The second-order valence-electron chi connectivity index (χ2n) is 4.72. The zero-order valence-corrected chi connectivity index (χ0v) is 12.9. The Morgan fingerprint density at radius 1 is 1.21 bits per heavy atom. The molecule has 0 saturated carbocycles. The summed E-state index contributed by atoms with van der Waals surface area (Å²) in [6.45, 7) is 4.24. The highest BCUT2D eigenvalue weighted by Gasteiger charge is 2.15. The molecule has 2 nitrogen and oxygen atoms in total. The van der Waals surface area contributed by atoms with Gasteiger partial charge in [-0.3, -0.25) is 5.84 Å². The van der Waals surface area contributed by atoms with Crippen molar-refractivity contribution in [2.75, 3.05) is 0 Å². The first-order valence-corrected chi connectivity index (χ1v) is 7.26. The molecule has 0 amide bonds. The summed E-state index contributed by atoms with van der Waals surface area (Å²) in [6.07, 6.45) is 1.03. The van der Waals surface area contributed by atoms with Crippen molar-refractivity contribution in [3.63, 3.8) is 0 Å². The summed E-state index contributed by atoms with van der Waals surface area (Å²) in [5, 5.41) is 0. The van der Waals surface area contributed by atoms with Gasteiger partial charge in [-0.15, -0.1) is 0 Å². The standard InChI is InChI=1S/C16H19BrN2/c1-3-12-5-4-6-13(10-12)16(19-18)14-8-7-11(2)9-15(14)17/h4-10,16,19H,3,18H2,1-2H3. The molecular weight excluding hydrogens is 300 g/mol. The second-order valence-corrected chi connectivity index (χ2v) is 5.58. The van der Waals surface area contributed by atoms with Crippen molar-refractivity contribution in [3.8, 4) is 0 Å². The van der Waals surface area contributed by atoms with Gasteiger partial charge in [0.05, 0.1) is 6.04 Å². The first kappa shape index (κ1) is 14.3. The normalized spacial score (nSPS) is 12.4. The van der Waals surface area contributed by atoms with Gasteiger partial charge in [-0.05, 0) is 41.7 Å². The molecule has 0 bridgehead atoms. The molecule has 0 spiro atoms. The number of nitrogens with one attached hydrogen (secondary N) is 1. The van der Waals surface area contributed by atoms with Crippen LogP contribution < -0.4 is 11.3 Å². The molecular formula is C16H19BrN2. The molecule has 0 fully saturated rings. The van der Waals surface area contributed by atoms with Gasteiger partial charge in [0, 0.05) is 4.47 Å². The molecule has 0 saturated heterocycles. The molecule has 2 aromatic rings. The average Bonchev–Trinajstić information content (AvgIpc) is 2.42. The number of hydrogen-bond acceptors (Lipinski definition) is 2. The van der Waals surface area contributed by atoms with Crippen molar-refractivity contribution in [1.82, 2.24) is 5.43 Å². The van der Waals surface area contributed by atoms with Crippen LogP contribution in [0.4, 0.5) is 0 Å². The summed E-state index contributed by atoms with van der Waals surface area (Å²) >= 11 is 3.63. The van der Waals surface area contributed by atoms with E-state index >= 15 is 0 Å². The summed E-state index contributed by atoms with van der Waals surface area (Å²) in [5.74, 6) is 5.76. The fourth-order valence-electron chi connectivity index (χ4n) is 2.22. The Labute approximate surface area is 123 Å². The van der Waals surface area contributed by atoms with Crippen molar-refractivity contribution in [1.29, 1.82) is 0 Å². The van der Waals surface area contributed by atoms with Crippen molar-refractivity contribution in [2.24, 2.45) is 5.84 Å². The number of benzene rings is 2. The van der Waals surface area contributed by atoms with Crippen LogP contribution in [0.2, 0.25) is 0 Å². The van der Waals surface area contributed by atoms with Gasteiger partial charge in [-0.2, -0.15) is 0 Å². The molecule has 3 N–H and O–H groups in total. The Kier molecular flexibility index (Phi) is 4.75. The molecule has 0 aromatic heterocycles. The van der Waals surface area contributed by atoms with Gasteiger partial charge in [0.1, 0.15) is 0 Å². The predicted octanol–water partition coefficient (Wildman–Crippen LogP) is 3.87. The summed E-state index contributed by atoms with van der Waals surface area (Å²) in [4.78, 5) is 0. The topological polar surface area (TPSA) is 38.0 Å². The van der Waals surface area contributed by atoms with Crippen LogP contribution in [-0.2, 0) is 6.42 Å². The van der Waals surface area contributed by atoms with Gasteiger partial charge >= 0.3 is 0 Å². The average molecular weight is 319 g/mol. The summed E-state index contributed by atoms with van der Waals surface area (Å²) in [5.41, 5.74) is 7.81. The zero-order valence-electron chi connectivity index (χ0n) is 11.3. The van der Waals surface area contributed by atoms with E-state index in [1.54, 1.807) is 0 Å². The van der Waals surface area contributed by atoms with Crippen LogP contribution >= 0.6 is 15.9 Å². The number of halogens is 1. The molecule has 3 heteroatoms. The Hall–Kier alpha value is -1.16. The van der Waals surface area contributed by atoms with Gasteiger partial charge in [0.2, 0.25) is 0 Å². The number of aryl methyl sites for hydroxylation is 2. The van der Waals surface area contributed by atoms with Crippen molar-refractivity contribution in [2.45, 2.75) is 26.3 Å². The monoisotopic (exact) mass is 318 g/mol. The van der Waals surface area contributed by atoms with Crippen LogP contribution in [0.5, 0.6) is 0 Å². The van der Waals surface area contributed by atoms with Crippen molar-refractivity contribution >= 4 is 15.9 Å². The Balaban J connectivity index is 2.43. The highest BCUT2D eigenvalue weighted by molar-refractivity contribution is 9.10. The van der Waals surface area contributed by atoms with E-state index in [0.29, 0.717) is 0 Å². The molecule has 0 aliphatic heterocycles. The third-order valence-corrected chi connectivity index (χ3v) is 4.01. The first-order chi connectivity index (χ1) is 9.15. The molecule has 0 aliphatic carbocycles. The summed E-state index contributed by atoms with van der Waals surface area (Å²) < 4.78 is 1.08. The molecule has 0 aliphatic rings. The Morgan fingerprint density at radius 2 is 2.00 bits per heavy atom. The lowest BCUT2D eigenvalue weighted by Gasteiger charge is -2.19. The van der Waals surface area contributed by atoms with Crippen LogP contribution in [0.3, 0.4) is 0 Å². The minimum absolute atomic E-state index is 0.00137. The molecule has 100 valence electrons. The minimum atomic E-state index is 0.00137. The number of hydrogen-bond donors (Lipinski definition) is 2. The third kappa shape index (κ3) is 3.24. The lowest BCUT2D eigenvalue weighted by Crippen LogP contribution is -2.29. The maximum atomic E-state index is 5.76. The van der Waals surface area contributed by atoms with Crippen molar-refractivity contribution in [3.05, 3.63) is 69.2 Å². The SMILES string of the molecule is CCc1cccc(C(NN)c2ccc(C)cc2Br)c1. The lowest BCUT2D eigenvalue weighted by molar-refractivity contribution is 0.634. The van der Waals surface area contributed by atoms with E-state index in [-0.39, 0.29) is 6.04 Å². The van der Waals surface area contributed by atoms with Crippen LogP contribution in [0.25, 0.3) is 0 Å². The molecule has 0 radical (unpaired) electrons. The molecule has 2 rings (SSSR count). The van der Waals surface area contributed by atoms with E-state index in [1.807, 2.05) is 0 Å². The van der Waals surface area contributed by atoms with Crippen LogP contribution in [0.1, 0.15) is 35.2 Å². The molecule has 19 heavy (non-hydrogen) atoms. The van der Waals surface area contributed by atoms with Crippen LogP contribution in [-0.4, -0.2) is 0 Å². The number of hydrazine groups is 1. The van der Waals surface area contributed by atoms with E-state index in [2.05, 4.69) is 77.7 Å². The quantitative estimate of drug-likeness (QED) is 0.663. The Morgan fingerprint density at radius 3 is 2.63 bits per heavy atom. The smallest absolute Gasteiger partial charge is 0.0721 e. The van der Waals surface area contributed by atoms with Gasteiger partial charge < -0.3 is 0 Å². The maximum Gasteiger partial charge on any atom is 0.0721 e. The van der Waals surface area contributed by atoms with Gasteiger partial charge in [-0.1, -0.05) is 59.3 Å². The van der Waals surface area contributed by atoms with E-state index < -0.39 is 0 Å². The van der Waals surface area contributed by atoms with Crippen molar-refractivity contribution < 1.29 is 0 Å². The molecule has 1 atom stereocenters. The van der Waals surface area contributed by atoms with Crippen LogP contribution in [0.15, 0.2) is 46.9 Å². The number of nitrogens with two attached hydrogens (primary N) is 1. The minimum Gasteiger partial charge on any atom is -0.271 e. The van der Waals surface area contributed by atoms with E-state index in [9.17, 15) is 0 Å². The summed E-state index contributed by atoms with van der Waals surface area (Å²) in [7, 11) is 0. The molecule has 2 aromatic carbocycles. The van der Waals surface area contributed by atoms with Crippen LogP contribution in [0, 0.1) is 6.92 Å². The van der Waals surface area contributed by atoms with Gasteiger partial charge in [0.25, 0.3) is 0 Å². The second kappa shape index (κ2) is 6.33. The molecule has 1 unspecified atom stereocenters. The highest BCUT2D eigenvalue weighted by atomic mass is 79.9. The maximum absolute atomic E-state index is 5.76. The van der Waals surface area contributed by atoms with Gasteiger partial charge in [0.15, 0.2) is 0 Å². The van der Waals surface area contributed by atoms with Gasteiger partial charge in [-0.25, -0.2) is 5.43 Å². The lowest BCUT2D eigenvalue weighted by atomic mass is 9.96. The summed E-state index contributed by atoms with van der Waals surface area (Å²) in [6, 6.07) is 14.9. The fraction of sp³-hybridized carbons (Fsp3) is 0.250. The van der Waals surface area contributed by atoms with E-state index in [1.165, 1.54) is 16.7 Å². The fourth-order valence-corrected chi connectivity index (χ4v) is 2.95. The third-order valence-electron chi connectivity index (χ3n) is 3.33. The van der Waals surface area contributed by atoms with E-state index in [0.717, 1.165) is 16.5 Å². The molecule has 0 heterocycles. The zero-order chi connectivity index (χ0) is 13.8. The number of rotatable bonds is 4. The largest absolute Gasteiger partial charge is 0.271 e. The highest BCUT2D eigenvalue weighted by Crippen LogP contribution is 2.29. The van der Waals surface area contributed by atoms with E-state index in [4.69, 9.17) is 5.84 Å². The Bertz CT molecular complexity index is 566.